The van der Waals surface area contributed by atoms with Crippen LogP contribution in [-0.2, 0) is 20.7 Å². The summed E-state index contributed by atoms with van der Waals surface area (Å²) in [6.45, 7) is 1.68. The number of aryl methyl sites for hydroxylation is 1. The molecule has 0 aliphatic carbocycles. The third-order valence-electron chi connectivity index (χ3n) is 3.09. The Morgan fingerprint density at radius 1 is 1.61 bits per heavy atom. The van der Waals surface area contributed by atoms with Gasteiger partial charge in [0.15, 0.2) is 0 Å². The molecule has 0 unspecified atom stereocenters. The fourth-order valence-corrected chi connectivity index (χ4v) is 1.98. The molecule has 0 bridgehead atoms. The van der Waals surface area contributed by atoms with Crippen LogP contribution in [0.3, 0.4) is 0 Å². The van der Waals surface area contributed by atoms with Crippen molar-refractivity contribution in [1.29, 1.82) is 0 Å². The van der Waals surface area contributed by atoms with Gasteiger partial charge in [-0.15, -0.1) is 0 Å². The van der Waals surface area contributed by atoms with Crippen LogP contribution in [-0.4, -0.2) is 44.4 Å². The van der Waals surface area contributed by atoms with E-state index in [1.54, 1.807) is 13.3 Å². The Labute approximate surface area is 106 Å². The van der Waals surface area contributed by atoms with E-state index in [-0.39, 0.29) is 12.1 Å². The molecule has 1 fully saturated rings. The minimum Gasteiger partial charge on any atom is -0.469 e. The second-order valence-corrected chi connectivity index (χ2v) is 4.28. The largest absolute Gasteiger partial charge is 0.469 e. The van der Waals surface area contributed by atoms with Crippen LogP contribution in [0.4, 0.5) is 6.01 Å². The maximum Gasteiger partial charge on any atom is 0.305 e. The van der Waals surface area contributed by atoms with Crippen molar-refractivity contribution >= 4 is 12.0 Å². The maximum absolute atomic E-state index is 11.0. The van der Waals surface area contributed by atoms with E-state index in [0.717, 1.165) is 19.5 Å². The molecule has 1 aromatic rings. The lowest BCUT2D eigenvalue weighted by atomic mass is 10.3. The molecule has 0 spiro atoms. The van der Waals surface area contributed by atoms with Crippen LogP contribution in [0, 0.1) is 0 Å². The van der Waals surface area contributed by atoms with Gasteiger partial charge in [-0.1, -0.05) is 0 Å². The number of aromatic nitrogens is 1. The molecule has 1 saturated heterocycles. The average molecular weight is 254 g/mol. The average Bonchev–Trinajstić information content (AvgIpc) is 3.03. The topological polar surface area (TPSA) is 64.8 Å². The zero-order valence-corrected chi connectivity index (χ0v) is 10.7. The molecule has 0 radical (unpaired) electrons. The molecule has 0 amide bonds. The Morgan fingerprint density at radius 3 is 3.11 bits per heavy atom. The number of carbonyl (C=O) groups is 1. The van der Waals surface area contributed by atoms with E-state index in [1.807, 2.05) is 0 Å². The zero-order valence-electron chi connectivity index (χ0n) is 10.7. The van der Waals surface area contributed by atoms with Crippen molar-refractivity contribution in [2.45, 2.75) is 25.4 Å². The van der Waals surface area contributed by atoms with Crippen molar-refractivity contribution in [3.05, 3.63) is 12.0 Å². The Bertz CT molecular complexity index is 405. The summed E-state index contributed by atoms with van der Waals surface area (Å²) in [4.78, 5) is 17.3. The van der Waals surface area contributed by atoms with Crippen LogP contribution in [0.5, 0.6) is 0 Å². The summed E-state index contributed by atoms with van der Waals surface area (Å²) < 4.78 is 15.5. The molecule has 1 aromatic heterocycles. The first-order valence-electron chi connectivity index (χ1n) is 6.02. The molecular formula is C12H18N2O4. The number of nitrogens with zero attached hydrogens (tertiary/aromatic N) is 2. The standard InChI is InChI=1S/C12H18N2O4/c1-16-10-5-6-14(8-10)12-13-7-9(18-12)3-4-11(15)17-2/h7,10H,3-6,8H2,1-2H3/t10-/m0/s1. The minimum absolute atomic E-state index is 0.242. The number of ether oxygens (including phenoxy) is 2. The summed E-state index contributed by atoms with van der Waals surface area (Å²) in [5.41, 5.74) is 0. The summed E-state index contributed by atoms with van der Waals surface area (Å²) in [5, 5.41) is 0. The van der Waals surface area contributed by atoms with Crippen LogP contribution in [0.15, 0.2) is 10.6 Å². The maximum atomic E-state index is 11.0. The minimum atomic E-state index is -0.242. The van der Waals surface area contributed by atoms with Gasteiger partial charge in [0.1, 0.15) is 5.76 Å². The number of methoxy groups -OCH3 is 2. The molecular weight excluding hydrogens is 236 g/mol. The van der Waals surface area contributed by atoms with Gasteiger partial charge in [-0.05, 0) is 6.42 Å². The van der Waals surface area contributed by atoms with Crippen LogP contribution in [0.25, 0.3) is 0 Å². The summed E-state index contributed by atoms with van der Waals surface area (Å²) in [6.07, 6.45) is 3.72. The lowest BCUT2D eigenvalue weighted by Crippen LogP contribution is -2.22. The summed E-state index contributed by atoms with van der Waals surface area (Å²) in [7, 11) is 3.09. The van der Waals surface area contributed by atoms with Gasteiger partial charge in [0, 0.05) is 26.6 Å². The number of hydrogen-bond donors (Lipinski definition) is 0. The predicted octanol–water partition coefficient (Wildman–Crippen LogP) is 1.01. The van der Waals surface area contributed by atoms with Crippen LogP contribution in [0.2, 0.25) is 0 Å². The molecule has 1 atom stereocenters. The van der Waals surface area contributed by atoms with Crippen LogP contribution < -0.4 is 4.90 Å². The Balaban J connectivity index is 1.88. The third kappa shape index (κ3) is 3.01. The Kier molecular flexibility index (Phi) is 4.19. The van der Waals surface area contributed by atoms with Gasteiger partial charge in [-0.25, -0.2) is 4.98 Å². The van der Waals surface area contributed by atoms with Crippen molar-refractivity contribution in [2.24, 2.45) is 0 Å². The van der Waals surface area contributed by atoms with Crippen molar-refractivity contribution in [2.75, 3.05) is 32.2 Å². The molecule has 2 rings (SSSR count). The first kappa shape index (κ1) is 12.9. The lowest BCUT2D eigenvalue weighted by Gasteiger charge is -2.12. The summed E-state index contributed by atoms with van der Waals surface area (Å²) in [5.74, 6) is 0.463. The first-order chi connectivity index (χ1) is 8.72. The molecule has 0 aromatic carbocycles. The quantitative estimate of drug-likeness (QED) is 0.730. The van der Waals surface area contributed by atoms with Crippen LogP contribution in [0.1, 0.15) is 18.6 Å². The number of anilines is 1. The summed E-state index contributed by atoms with van der Waals surface area (Å²) >= 11 is 0. The number of carbonyl (C=O) groups excluding carboxylic acids is 1. The number of hydrogen-bond acceptors (Lipinski definition) is 6. The highest BCUT2D eigenvalue weighted by atomic mass is 16.5. The van der Waals surface area contributed by atoms with Crippen molar-refractivity contribution < 1.29 is 18.7 Å². The second-order valence-electron chi connectivity index (χ2n) is 4.28. The van der Waals surface area contributed by atoms with E-state index in [2.05, 4.69) is 14.6 Å². The highest BCUT2D eigenvalue weighted by Crippen LogP contribution is 2.21. The van der Waals surface area contributed by atoms with E-state index in [0.29, 0.717) is 24.6 Å². The molecule has 2 heterocycles. The molecule has 0 N–H and O–H groups in total. The zero-order chi connectivity index (χ0) is 13.0. The fraction of sp³-hybridized carbons (Fsp3) is 0.667. The molecule has 0 saturated carbocycles. The number of oxazole rings is 1. The smallest absolute Gasteiger partial charge is 0.305 e. The monoisotopic (exact) mass is 254 g/mol. The Hall–Kier alpha value is -1.56. The van der Waals surface area contributed by atoms with E-state index in [4.69, 9.17) is 9.15 Å². The van der Waals surface area contributed by atoms with E-state index in [9.17, 15) is 4.79 Å². The molecule has 6 heteroatoms. The van der Waals surface area contributed by atoms with Crippen molar-refractivity contribution in [3.8, 4) is 0 Å². The van der Waals surface area contributed by atoms with Gasteiger partial charge in [0.05, 0.1) is 25.8 Å². The van der Waals surface area contributed by atoms with E-state index in [1.165, 1.54) is 7.11 Å². The van der Waals surface area contributed by atoms with E-state index >= 15 is 0 Å². The SMILES string of the molecule is COC(=O)CCc1cnc(N2CC[C@H](OC)C2)o1. The van der Waals surface area contributed by atoms with Crippen molar-refractivity contribution in [1.82, 2.24) is 4.98 Å². The third-order valence-corrected chi connectivity index (χ3v) is 3.09. The number of rotatable bonds is 5. The van der Waals surface area contributed by atoms with Crippen molar-refractivity contribution in [3.63, 3.8) is 0 Å². The normalized spacial score (nSPS) is 19.2. The van der Waals surface area contributed by atoms with Gasteiger partial charge in [0.25, 0.3) is 6.01 Å². The van der Waals surface area contributed by atoms with Gasteiger partial charge in [-0.2, -0.15) is 0 Å². The molecule has 1 aliphatic heterocycles. The summed E-state index contributed by atoms with van der Waals surface area (Å²) in [6, 6.07) is 0.606. The molecule has 6 nitrogen and oxygen atoms in total. The van der Waals surface area contributed by atoms with Crippen LogP contribution >= 0.6 is 0 Å². The second kappa shape index (κ2) is 5.86. The fourth-order valence-electron chi connectivity index (χ4n) is 1.98. The highest BCUT2D eigenvalue weighted by molar-refractivity contribution is 5.69. The molecule has 18 heavy (non-hydrogen) atoms. The predicted molar refractivity (Wildman–Crippen MR) is 64.5 cm³/mol. The highest BCUT2D eigenvalue weighted by Gasteiger charge is 2.25. The van der Waals surface area contributed by atoms with Gasteiger partial charge < -0.3 is 18.8 Å². The lowest BCUT2D eigenvalue weighted by molar-refractivity contribution is -0.140. The number of esters is 1. The first-order valence-corrected chi connectivity index (χ1v) is 6.02. The Morgan fingerprint density at radius 2 is 2.44 bits per heavy atom. The molecule has 1 aliphatic rings. The van der Waals surface area contributed by atoms with E-state index < -0.39 is 0 Å². The van der Waals surface area contributed by atoms with Gasteiger partial charge >= 0.3 is 5.97 Å². The molecule has 100 valence electrons. The van der Waals surface area contributed by atoms with Gasteiger partial charge in [0.2, 0.25) is 0 Å². The van der Waals surface area contributed by atoms with Gasteiger partial charge in [-0.3, -0.25) is 4.79 Å².